The standard InChI is InChI=1S/C13H15NO4S/c1-16-6-5-14-11(15)7-19-13(14)9-3-2-4-10-12(9)18-8-17-10/h2-4,13H,5-8H2,1H3. The van der Waals surface area contributed by atoms with Gasteiger partial charge in [-0.2, -0.15) is 0 Å². The van der Waals surface area contributed by atoms with Gasteiger partial charge >= 0.3 is 0 Å². The largest absolute Gasteiger partial charge is 0.454 e. The first-order valence-electron chi connectivity index (χ1n) is 6.10. The van der Waals surface area contributed by atoms with Gasteiger partial charge in [-0.15, -0.1) is 11.8 Å². The SMILES string of the molecule is COCCN1C(=O)CSC1c1cccc2c1OCO2. The zero-order chi connectivity index (χ0) is 13.2. The van der Waals surface area contributed by atoms with Crippen molar-refractivity contribution in [2.24, 2.45) is 0 Å². The maximum Gasteiger partial charge on any atom is 0.233 e. The molecule has 1 unspecified atom stereocenters. The van der Waals surface area contributed by atoms with Crippen LogP contribution in [0.15, 0.2) is 18.2 Å². The van der Waals surface area contributed by atoms with E-state index in [1.54, 1.807) is 18.9 Å². The Morgan fingerprint density at radius 1 is 1.47 bits per heavy atom. The summed E-state index contributed by atoms with van der Waals surface area (Å²) in [6, 6.07) is 5.80. The Labute approximate surface area is 115 Å². The summed E-state index contributed by atoms with van der Waals surface area (Å²) in [5.41, 5.74) is 1.00. The molecule has 1 aromatic carbocycles. The smallest absolute Gasteiger partial charge is 0.233 e. The molecule has 102 valence electrons. The van der Waals surface area contributed by atoms with E-state index in [2.05, 4.69) is 0 Å². The topological polar surface area (TPSA) is 48.0 Å². The van der Waals surface area contributed by atoms with Crippen LogP contribution in [0, 0.1) is 0 Å². The summed E-state index contributed by atoms with van der Waals surface area (Å²) in [6.07, 6.45) is 0. The lowest BCUT2D eigenvalue weighted by atomic mass is 10.1. The average molecular weight is 281 g/mol. The van der Waals surface area contributed by atoms with E-state index in [0.29, 0.717) is 18.9 Å². The first-order valence-corrected chi connectivity index (χ1v) is 7.14. The summed E-state index contributed by atoms with van der Waals surface area (Å²) in [5, 5.41) is -0.0145. The normalized spacial score (nSPS) is 21.2. The molecule has 0 saturated carbocycles. The van der Waals surface area contributed by atoms with Gasteiger partial charge in [0.25, 0.3) is 0 Å². The summed E-state index contributed by atoms with van der Waals surface area (Å²) < 4.78 is 16.0. The third kappa shape index (κ3) is 2.26. The van der Waals surface area contributed by atoms with Crippen LogP contribution in [-0.4, -0.2) is 43.6 Å². The molecule has 2 heterocycles. The van der Waals surface area contributed by atoms with Crippen LogP contribution in [-0.2, 0) is 9.53 Å². The van der Waals surface area contributed by atoms with Crippen molar-refractivity contribution in [2.45, 2.75) is 5.37 Å². The van der Waals surface area contributed by atoms with Gasteiger partial charge < -0.3 is 19.1 Å². The molecular weight excluding hydrogens is 266 g/mol. The lowest BCUT2D eigenvalue weighted by molar-refractivity contribution is -0.128. The summed E-state index contributed by atoms with van der Waals surface area (Å²) in [4.78, 5) is 13.8. The highest BCUT2D eigenvalue weighted by molar-refractivity contribution is 8.00. The number of benzene rings is 1. The van der Waals surface area contributed by atoms with Crippen LogP contribution >= 0.6 is 11.8 Å². The van der Waals surface area contributed by atoms with E-state index >= 15 is 0 Å². The van der Waals surface area contributed by atoms with Crippen LogP contribution in [0.1, 0.15) is 10.9 Å². The van der Waals surface area contributed by atoms with Crippen molar-refractivity contribution in [3.05, 3.63) is 23.8 Å². The number of amides is 1. The van der Waals surface area contributed by atoms with E-state index < -0.39 is 0 Å². The molecule has 0 spiro atoms. The van der Waals surface area contributed by atoms with Crippen molar-refractivity contribution >= 4 is 17.7 Å². The molecule has 1 atom stereocenters. The number of ether oxygens (including phenoxy) is 3. The number of hydrogen-bond donors (Lipinski definition) is 0. The predicted molar refractivity (Wildman–Crippen MR) is 71.4 cm³/mol. The lowest BCUT2D eigenvalue weighted by Gasteiger charge is -2.24. The fourth-order valence-electron chi connectivity index (χ4n) is 2.29. The molecule has 19 heavy (non-hydrogen) atoms. The first-order chi connectivity index (χ1) is 9.31. The Bertz CT molecular complexity index is 494. The molecule has 1 aromatic rings. The minimum absolute atomic E-state index is 0.0145. The van der Waals surface area contributed by atoms with Crippen LogP contribution < -0.4 is 9.47 Å². The molecule has 6 heteroatoms. The molecule has 0 N–H and O–H groups in total. The molecule has 2 aliphatic heterocycles. The maximum atomic E-state index is 11.9. The fraction of sp³-hybridized carbons (Fsp3) is 0.462. The highest BCUT2D eigenvalue weighted by atomic mass is 32.2. The second-order valence-electron chi connectivity index (χ2n) is 4.32. The highest BCUT2D eigenvalue weighted by Crippen LogP contribution is 2.46. The number of methoxy groups -OCH3 is 1. The molecule has 1 amide bonds. The fourth-order valence-corrected chi connectivity index (χ4v) is 3.52. The average Bonchev–Trinajstić information content (AvgIpc) is 3.02. The molecule has 2 aliphatic rings. The molecule has 1 saturated heterocycles. The third-order valence-corrected chi connectivity index (χ3v) is 4.44. The molecule has 0 bridgehead atoms. The molecule has 5 nitrogen and oxygen atoms in total. The van der Waals surface area contributed by atoms with E-state index in [9.17, 15) is 4.79 Å². The zero-order valence-corrected chi connectivity index (χ0v) is 11.4. The van der Waals surface area contributed by atoms with Crippen molar-refractivity contribution in [3.63, 3.8) is 0 Å². The van der Waals surface area contributed by atoms with E-state index in [1.165, 1.54) is 0 Å². The van der Waals surface area contributed by atoms with Crippen LogP contribution in [0.4, 0.5) is 0 Å². The summed E-state index contributed by atoms with van der Waals surface area (Å²) in [6.45, 7) is 1.38. The minimum atomic E-state index is -0.0145. The molecule has 0 aromatic heterocycles. The van der Waals surface area contributed by atoms with E-state index in [-0.39, 0.29) is 18.1 Å². The van der Waals surface area contributed by atoms with Gasteiger partial charge in [0, 0.05) is 19.2 Å². The maximum absolute atomic E-state index is 11.9. The summed E-state index contributed by atoms with van der Waals surface area (Å²) in [5.74, 6) is 2.16. The number of carbonyl (C=O) groups is 1. The number of carbonyl (C=O) groups excluding carboxylic acids is 1. The molecule has 0 aliphatic carbocycles. The van der Waals surface area contributed by atoms with Gasteiger partial charge in [-0.3, -0.25) is 4.79 Å². The Morgan fingerprint density at radius 2 is 2.37 bits per heavy atom. The number of para-hydroxylation sites is 1. The van der Waals surface area contributed by atoms with Gasteiger partial charge in [0.05, 0.1) is 12.4 Å². The number of thioether (sulfide) groups is 1. The second-order valence-corrected chi connectivity index (χ2v) is 5.39. The molecular formula is C13H15NO4S. The summed E-state index contributed by atoms with van der Waals surface area (Å²) in [7, 11) is 1.64. The zero-order valence-electron chi connectivity index (χ0n) is 10.6. The van der Waals surface area contributed by atoms with Gasteiger partial charge in [0.1, 0.15) is 5.37 Å². The van der Waals surface area contributed by atoms with E-state index in [4.69, 9.17) is 14.2 Å². The van der Waals surface area contributed by atoms with Gasteiger partial charge in [0.2, 0.25) is 12.7 Å². The Kier molecular flexibility index (Phi) is 3.52. The quantitative estimate of drug-likeness (QED) is 0.839. The van der Waals surface area contributed by atoms with Crippen LogP contribution in [0.2, 0.25) is 0 Å². The van der Waals surface area contributed by atoms with Gasteiger partial charge in [-0.25, -0.2) is 0 Å². The Morgan fingerprint density at radius 3 is 3.21 bits per heavy atom. The van der Waals surface area contributed by atoms with Crippen LogP contribution in [0.3, 0.4) is 0 Å². The number of fused-ring (bicyclic) bond motifs is 1. The number of nitrogens with zero attached hydrogens (tertiary/aromatic N) is 1. The number of hydrogen-bond acceptors (Lipinski definition) is 5. The molecule has 0 radical (unpaired) electrons. The van der Waals surface area contributed by atoms with Gasteiger partial charge in [0.15, 0.2) is 11.5 Å². The van der Waals surface area contributed by atoms with Gasteiger partial charge in [-0.1, -0.05) is 12.1 Å². The monoisotopic (exact) mass is 281 g/mol. The second kappa shape index (κ2) is 5.30. The predicted octanol–water partition coefficient (Wildman–Crippen LogP) is 1.64. The lowest BCUT2D eigenvalue weighted by Crippen LogP contribution is -2.31. The van der Waals surface area contributed by atoms with Crippen LogP contribution in [0.25, 0.3) is 0 Å². The number of rotatable bonds is 4. The van der Waals surface area contributed by atoms with E-state index in [0.717, 1.165) is 17.1 Å². The summed E-state index contributed by atoms with van der Waals surface area (Å²) >= 11 is 1.61. The van der Waals surface area contributed by atoms with Crippen molar-refractivity contribution < 1.29 is 19.0 Å². The first kappa shape index (κ1) is 12.6. The van der Waals surface area contributed by atoms with Crippen molar-refractivity contribution in [1.29, 1.82) is 0 Å². The van der Waals surface area contributed by atoms with E-state index in [1.807, 2.05) is 23.1 Å². The van der Waals surface area contributed by atoms with Gasteiger partial charge in [-0.05, 0) is 6.07 Å². The van der Waals surface area contributed by atoms with Crippen molar-refractivity contribution in [1.82, 2.24) is 4.90 Å². The molecule has 3 rings (SSSR count). The highest BCUT2D eigenvalue weighted by Gasteiger charge is 2.35. The Hall–Kier alpha value is -1.40. The Balaban J connectivity index is 1.88. The van der Waals surface area contributed by atoms with Crippen molar-refractivity contribution in [2.75, 3.05) is 32.8 Å². The minimum Gasteiger partial charge on any atom is -0.454 e. The van der Waals surface area contributed by atoms with Crippen molar-refractivity contribution in [3.8, 4) is 11.5 Å². The van der Waals surface area contributed by atoms with Crippen LogP contribution in [0.5, 0.6) is 11.5 Å². The molecule has 1 fully saturated rings. The third-order valence-electron chi connectivity index (χ3n) is 3.20.